The van der Waals surface area contributed by atoms with Crippen LogP contribution in [0.15, 0.2) is 24.3 Å². The summed E-state index contributed by atoms with van der Waals surface area (Å²) >= 11 is 0. The minimum absolute atomic E-state index is 0.111. The molecule has 0 aromatic heterocycles. The largest absolute Gasteiger partial charge is 0.330 e. The molecule has 0 heterocycles. The third-order valence-corrected chi connectivity index (χ3v) is 3.22. The zero-order valence-electron chi connectivity index (χ0n) is 8.76. The van der Waals surface area contributed by atoms with Gasteiger partial charge < -0.3 is 5.73 Å². The molecule has 0 radical (unpaired) electrons. The molecule has 0 saturated heterocycles. The summed E-state index contributed by atoms with van der Waals surface area (Å²) in [6, 6.07) is 7.72. The van der Waals surface area contributed by atoms with Crippen molar-refractivity contribution >= 4 is 0 Å². The van der Waals surface area contributed by atoms with E-state index in [9.17, 15) is 8.78 Å². The van der Waals surface area contributed by atoms with Crippen molar-refractivity contribution in [3.63, 3.8) is 0 Å². The lowest BCUT2D eigenvalue weighted by molar-refractivity contribution is -0.123. The number of benzene rings is 1. The van der Waals surface area contributed by atoms with Crippen LogP contribution in [-0.2, 0) is 5.41 Å². The number of alkyl halides is 2. The van der Waals surface area contributed by atoms with Crippen LogP contribution in [0.3, 0.4) is 0 Å². The molecule has 3 heteroatoms. The molecular formula is C12H15F2N. The highest BCUT2D eigenvalue weighted by Gasteiger charge is 2.56. The van der Waals surface area contributed by atoms with Crippen molar-refractivity contribution < 1.29 is 8.78 Å². The molecule has 0 bridgehead atoms. The first kappa shape index (κ1) is 10.6. The first-order chi connectivity index (χ1) is 6.97. The molecule has 0 unspecified atom stereocenters. The first-order valence-electron chi connectivity index (χ1n) is 5.13. The van der Waals surface area contributed by atoms with Crippen LogP contribution in [0.25, 0.3) is 0 Å². The SMILES string of the molecule is Cc1cccc(C2(CN)CC(F)(F)C2)c1. The minimum Gasteiger partial charge on any atom is -0.330 e. The van der Waals surface area contributed by atoms with Crippen molar-refractivity contribution in [3.05, 3.63) is 35.4 Å². The van der Waals surface area contributed by atoms with Crippen molar-refractivity contribution in [3.8, 4) is 0 Å². The summed E-state index contributed by atoms with van der Waals surface area (Å²) < 4.78 is 25.9. The average Bonchev–Trinajstić information content (AvgIpc) is 2.13. The Hall–Kier alpha value is -0.960. The Balaban J connectivity index is 2.29. The lowest BCUT2D eigenvalue weighted by atomic mass is 9.62. The molecule has 0 spiro atoms. The van der Waals surface area contributed by atoms with Crippen molar-refractivity contribution in [2.24, 2.45) is 5.73 Å². The maximum Gasteiger partial charge on any atom is 0.250 e. The van der Waals surface area contributed by atoms with Gasteiger partial charge in [0.05, 0.1) is 0 Å². The Bertz CT molecular complexity index is 366. The third kappa shape index (κ3) is 1.76. The van der Waals surface area contributed by atoms with Crippen LogP contribution >= 0.6 is 0 Å². The second kappa shape index (κ2) is 3.27. The van der Waals surface area contributed by atoms with Gasteiger partial charge in [-0.1, -0.05) is 29.8 Å². The molecule has 0 aliphatic heterocycles. The molecule has 1 nitrogen and oxygen atoms in total. The summed E-state index contributed by atoms with van der Waals surface area (Å²) in [6.07, 6.45) is -0.222. The predicted octanol–water partition coefficient (Wildman–Crippen LogP) is 2.62. The molecule has 1 aliphatic rings. The standard InChI is InChI=1S/C12H15F2N/c1-9-3-2-4-10(5-9)11(8-15)6-12(13,14)7-11/h2-5H,6-8,15H2,1H3. The number of hydrogen-bond donors (Lipinski definition) is 1. The summed E-state index contributed by atoms with van der Waals surface area (Å²) in [4.78, 5) is 0. The van der Waals surface area contributed by atoms with E-state index in [-0.39, 0.29) is 12.8 Å². The Morgan fingerprint density at radius 1 is 1.33 bits per heavy atom. The fraction of sp³-hybridized carbons (Fsp3) is 0.500. The molecule has 2 rings (SSSR count). The fourth-order valence-corrected chi connectivity index (χ4v) is 2.38. The lowest BCUT2D eigenvalue weighted by Crippen LogP contribution is -2.53. The van der Waals surface area contributed by atoms with E-state index in [1.54, 1.807) is 0 Å². The van der Waals surface area contributed by atoms with E-state index < -0.39 is 11.3 Å². The second-order valence-electron chi connectivity index (χ2n) is 4.56. The monoisotopic (exact) mass is 211 g/mol. The van der Waals surface area contributed by atoms with Crippen molar-refractivity contribution in [2.75, 3.05) is 6.54 Å². The van der Waals surface area contributed by atoms with Crippen LogP contribution in [0, 0.1) is 6.92 Å². The molecule has 15 heavy (non-hydrogen) atoms. The maximum atomic E-state index is 13.0. The summed E-state index contributed by atoms with van der Waals surface area (Å²) in [5, 5.41) is 0. The van der Waals surface area contributed by atoms with Gasteiger partial charge in [0.2, 0.25) is 5.92 Å². The lowest BCUT2D eigenvalue weighted by Gasteiger charge is -2.47. The van der Waals surface area contributed by atoms with E-state index in [1.165, 1.54) is 0 Å². The van der Waals surface area contributed by atoms with E-state index in [0.717, 1.165) is 11.1 Å². The van der Waals surface area contributed by atoms with Gasteiger partial charge in [0.1, 0.15) is 0 Å². The summed E-state index contributed by atoms with van der Waals surface area (Å²) in [5.41, 5.74) is 7.20. The number of halogens is 2. The Labute approximate surface area is 88.3 Å². The van der Waals surface area contributed by atoms with Gasteiger partial charge in [0, 0.05) is 24.8 Å². The first-order valence-corrected chi connectivity index (χ1v) is 5.13. The van der Waals surface area contributed by atoms with Gasteiger partial charge >= 0.3 is 0 Å². The normalized spacial score (nSPS) is 22.1. The van der Waals surface area contributed by atoms with Gasteiger partial charge in [0.25, 0.3) is 0 Å². The summed E-state index contributed by atoms with van der Waals surface area (Å²) in [6.45, 7) is 2.26. The molecular weight excluding hydrogens is 196 g/mol. The van der Waals surface area contributed by atoms with Crippen molar-refractivity contribution in [2.45, 2.75) is 31.1 Å². The zero-order chi connectivity index (χ0) is 11.1. The molecule has 2 N–H and O–H groups in total. The number of rotatable bonds is 2. The van der Waals surface area contributed by atoms with Gasteiger partial charge in [-0.2, -0.15) is 0 Å². The van der Waals surface area contributed by atoms with Crippen LogP contribution < -0.4 is 5.73 Å². The molecule has 0 atom stereocenters. The minimum atomic E-state index is -2.52. The molecule has 1 saturated carbocycles. The topological polar surface area (TPSA) is 26.0 Å². The van der Waals surface area contributed by atoms with Gasteiger partial charge in [-0.15, -0.1) is 0 Å². The van der Waals surface area contributed by atoms with E-state index >= 15 is 0 Å². The van der Waals surface area contributed by atoms with Crippen LogP contribution in [-0.4, -0.2) is 12.5 Å². The quantitative estimate of drug-likeness (QED) is 0.799. The highest BCUT2D eigenvalue weighted by atomic mass is 19.3. The van der Waals surface area contributed by atoms with Crippen LogP contribution in [0.1, 0.15) is 24.0 Å². The fourth-order valence-electron chi connectivity index (χ4n) is 2.38. The van der Waals surface area contributed by atoms with Crippen LogP contribution in [0.5, 0.6) is 0 Å². The molecule has 1 aromatic rings. The van der Waals surface area contributed by atoms with Gasteiger partial charge in [0.15, 0.2) is 0 Å². The number of hydrogen-bond acceptors (Lipinski definition) is 1. The van der Waals surface area contributed by atoms with Crippen LogP contribution in [0.2, 0.25) is 0 Å². The van der Waals surface area contributed by atoms with Gasteiger partial charge in [-0.25, -0.2) is 8.78 Å². The smallest absolute Gasteiger partial charge is 0.250 e. The third-order valence-electron chi connectivity index (χ3n) is 3.22. The highest BCUT2D eigenvalue weighted by molar-refractivity contribution is 5.34. The molecule has 1 fully saturated rings. The number of aryl methyl sites for hydroxylation is 1. The maximum absolute atomic E-state index is 13.0. The molecule has 1 aliphatic carbocycles. The Morgan fingerprint density at radius 2 is 2.00 bits per heavy atom. The van der Waals surface area contributed by atoms with Gasteiger partial charge in [-0.3, -0.25) is 0 Å². The molecule has 82 valence electrons. The number of nitrogens with two attached hydrogens (primary N) is 1. The average molecular weight is 211 g/mol. The van der Waals surface area contributed by atoms with Gasteiger partial charge in [-0.05, 0) is 12.5 Å². The second-order valence-corrected chi connectivity index (χ2v) is 4.56. The highest BCUT2D eigenvalue weighted by Crippen LogP contribution is 2.52. The molecule has 0 amide bonds. The Kier molecular flexibility index (Phi) is 2.30. The summed E-state index contributed by atoms with van der Waals surface area (Å²) in [5.74, 6) is -2.52. The predicted molar refractivity (Wildman–Crippen MR) is 56.1 cm³/mol. The van der Waals surface area contributed by atoms with Crippen LogP contribution in [0.4, 0.5) is 8.78 Å². The zero-order valence-corrected chi connectivity index (χ0v) is 8.76. The van der Waals surface area contributed by atoms with Crippen molar-refractivity contribution in [1.29, 1.82) is 0 Å². The van der Waals surface area contributed by atoms with E-state index in [1.807, 2.05) is 31.2 Å². The summed E-state index contributed by atoms with van der Waals surface area (Å²) in [7, 11) is 0. The Morgan fingerprint density at radius 3 is 2.47 bits per heavy atom. The van der Waals surface area contributed by atoms with E-state index in [2.05, 4.69) is 0 Å². The van der Waals surface area contributed by atoms with E-state index in [0.29, 0.717) is 6.54 Å². The van der Waals surface area contributed by atoms with Crippen molar-refractivity contribution in [1.82, 2.24) is 0 Å². The molecule has 1 aromatic carbocycles. The van der Waals surface area contributed by atoms with E-state index in [4.69, 9.17) is 5.73 Å².